The number of aromatic nitrogens is 3. The van der Waals surface area contributed by atoms with Crippen LogP contribution in [0.25, 0.3) is 0 Å². The molecule has 0 aromatic carbocycles. The standard InChI is InChI=1S/C8H13N3O4S/c1-8(2,7(12)13)16(14,15)5-6-4-11(3)10-9-6/h4H,5H2,1-3H3,(H,12,13). The van der Waals surface area contributed by atoms with Gasteiger partial charge in [-0.3, -0.25) is 9.48 Å². The quantitative estimate of drug-likeness (QED) is 0.776. The highest BCUT2D eigenvalue weighted by Crippen LogP contribution is 2.20. The van der Waals surface area contributed by atoms with Gasteiger partial charge >= 0.3 is 5.97 Å². The van der Waals surface area contributed by atoms with Crippen LogP contribution in [0.1, 0.15) is 19.5 Å². The van der Waals surface area contributed by atoms with Crippen molar-refractivity contribution < 1.29 is 18.3 Å². The Morgan fingerprint density at radius 2 is 2.12 bits per heavy atom. The van der Waals surface area contributed by atoms with E-state index in [2.05, 4.69) is 10.3 Å². The van der Waals surface area contributed by atoms with Crippen LogP contribution in [0.5, 0.6) is 0 Å². The zero-order valence-corrected chi connectivity index (χ0v) is 10.0. The van der Waals surface area contributed by atoms with Crippen molar-refractivity contribution in [1.29, 1.82) is 0 Å². The highest BCUT2D eigenvalue weighted by atomic mass is 32.2. The van der Waals surface area contributed by atoms with E-state index in [4.69, 9.17) is 5.11 Å². The molecule has 0 unspecified atom stereocenters. The second kappa shape index (κ2) is 3.85. The van der Waals surface area contributed by atoms with Gasteiger partial charge in [0.15, 0.2) is 14.6 Å². The zero-order chi connectivity index (χ0) is 12.6. The van der Waals surface area contributed by atoms with Crippen LogP contribution in [0.3, 0.4) is 0 Å². The first-order valence-corrected chi connectivity index (χ1v) is 6.13. The van der Waals surface area contributed by atoms with Gasteiger partial charge in [0.25, 0.3) is 0 Å². The van der Waals surface area contributed by atoms with E-state index in [-0.39, 0.29) is 5.69 Å². The lowest BCUT2D eigenvalue weighted by Gasteiger charge is -2.18. The third kappa shape index (κ3) is 2.21. The first kappa shape index (κ1) is 12.6. The number of carboxylic acid groups (broad SMARTS) is 1. The van der Waals surface area contributed by atoms with Crippen LogP contribution >= 0.6 is 0 Å². The first-order chi connectivity index (χ1) is 7.17. The predicted octanol–water partition coefficient (Wildman–Crippen LogP) is -0.407. The van der Waals surface area contributed by atoms with Gasteiger partial charge in [-0.15, -0.1) is 5.10 Å². The van der Waals surface area contributed by atoms with E-state index in [1.807, 2.05) is 0 Å². The highest BCUT2D eigenvalue weighted by Gasteiger charge is 2.42. The lowest BCUT2D eigenvalue weighted by Crippen LogP contribution is -2.41. The van der Waals surface area contributed by atoms with E-state index in [0.29, 0.717) is 0 Å². The van der Waals surface area contributed by atoms with Crippen molar-refractivity contribution >= 4 is 15.8 Å². The molecule has 0 amide bonds. The Balaban J connectivity index is 3.01. The summed E-state index contributed by atoms with van der Waals surface area (Å²) in [6.07, 6.45) is 1.44. The molecule has 1 heterocycles. The molecule has 0 radical (unpaired) electrons. The Bertz CT molecular complexity index is 503. The summed E-state index contributed by atoms with van der Waals surface area (Å²) < 4.78 is 23.2. The monoisotopic (exact) mass is 247 g/mol. The molecule has 8 heteroatoms. The summed E-state index contributed by atoms with van der Waals surface area (Å²) in [6, 6.07) is 0. The Morgan fingerprint density at radius 1 is 1.56 bits per heavy atom. The molecule has 90 valence electrons. The maximum absolute atomic E-state index is 11.8. The third-order valence-corrected chi connectivity index (χ3v) is 4.69. The molecule has 0 fully saturated rings. The number of hydrogen-bond donors (Lipinski definition) is 1. The molecule has 0 spiro atoms. The van der Waals surface area contributed by atoms with Crippen molar-refractivity contribution in [3.63, 3.8) is 0 Å². The molecule has 0 aliphatic heterocycles. The van der Waals surface area contributed by atoms with E-state index >= 15 is 0 Å². The molecule has 1 aromatic rings. The van der Waals surface area contributed by atoms with Crippen LogP contribution in [-0.2, 0) is 27.4 Å². The molecule has 1 rings (SSSR count). The maximum Gasteiger partial charge on any atom is 0.324 e. The van der Waals surface area contributed by atoms with Crippen LogP contribution in [0, 0.1) is 0 Å². The van der Waals surface area contributed by atoms with Crippen molar-refractivity contribution in [2.45, 2.75) is 24.3 Å². The minimum atomic E-state index is -3.81. The van der Waals surface area contributed by atoms with Crippen molar-refractivity contribution in [2.75, 3.05) is 0 Å². The summed E-state index contributed by atoms with van der Waals surface area (Å²) in [5, 5.41) is 16.0. The lowest BCUT2D eigenvalue weighted by molar-refractivity contribution is -0.139. The summed E-state index contributed by atoms with van der Waals surface area (Å²) in [5.74, 6) is -1.81. The van der Waals surface area contributed by atoms with Crippen molar-refractivity contribution in [2.24, 2.45) is 7.05 Å². The van der Waals surface area contributed by atoms with Crippen molar-refractivity contribution in [1.82, 2.24) is 15.0 Å². The van der Waals surface area contributed by atoms with E-state index < -0.39 is 26.3 Å². The number of sulfone groups is 1. The fraction of sp³-hybridized carbons (Fsp3) is 0.625. The minimum absolute atomic E-state index is 0.233. The molecule has 0 atom stereocenters. The molecule has 0 saturated heterocycles. The molecular formula is C8H13N3O4S. The van der Waals surface area contributed by atoms with Crippen LogP contribution in [0.15, 0.2) is 6.20 Å². The number of aliphatic carboxylic acids is 1. The largest absolute Gasteiger partial charge is 0.480 e. The van der Waals surface area contributed by atoms with Crippen LogP contribution in [0.4, 0.5) is 0 Å². The molecular weight excluding hydrogens is 234 g/mol. The average Bonchev–Trinajstić information content (AvgIpc) is 2.49. The summed E-state index contributed by atoms with van der Waals surface area (Å²) in [5.41, 5.74) is 0.233. The zero-order valence-electron chi connectivity index (χ0n) is 9.21. The number of hydrogen-bond acceptors (Lipinski definition) is 5. The average molecular weight is 247 g/mol. The van der Waals surface area contributed by atoms with E-state index in [1.54, 1.807) is 7.05 Å². The SMILES string of the molecule is Cn1cc(CS(=O)(=O)C(C)(C)C(=O)O)nn1. The molecule has 16 heavy (non-hydrogen) atoms. The lowest BCUT2D eigenvalue weighted by atomic mass is 10.2. The molecule has 7 nitrogen and oxygen atoms in total. The van der Waals surface area contributed by atoms with E-state index in [0.717, 1.165) is 13.8 Å². The van der Waals surface area contributed by atoms with Crippen molar-refractivity contribution in [3.8, 4) is 0 Å². The van der Waals surface area contributed by atoms with Gasteiger partial charge in [0.05, 0.1) is 11.4 Å². The Labute approximate surface area is 93.0 Å². The van der Waals surface area contributed by atoms with Crippen molar-refractivity contribution in [3.05, 3.63) is 11.9 Å². The molecule has 1 aromatic heterocycles. The first-order valence-electron chi connectivity index (χ1n) is 4.48. The number of rotatable bonds is 4. The Morgan fingerprint density at radius 3 is 2.50 bits per heavy atom. The van der Waals surface area contributed by atoms with Crippen LogP contribution in [0.2, 0.25) is 0 Å². The molecule has 0 aliphatic carbocycles. The fourth-order valence-electron chi connectivity index (χ4n) is 0.970. The number of aryl methyl sites for hydroxylation is 1. The topological polar surface area (TPSA) is 102 Å². The minimum Gasteiger partial charge on any atom is -0.480 e. The maximum atomic E-state index is 11.8. The van der Waals surface area contributed by atoms with Gasteiger partial charge in [0.2, 0.25) is 0 Å². The van der Waals surface area contributed by atoms with Gasteiger partial charge in [-0.2, -0.15) is 0 Å². The molecule has 1 N–H and O–H groups in total. The molecule has 0 aliphatic rings. The van der Waals surface area contributed by atoms with E-state index in [9.17, 15) is 13.2 Å². The van der Waals surface area contributed by atoms with Gasteiger partial charge in [-0.05, 0) is 13.8 Å². The normalized spacial score (nSPS) is 12.7. The second-order valence-electron chi connectivity index (χ2n) is 3.96. The summed E-state index contributed by atoms with van der Waals surface area (Å²) in [6.45, 7) is 2.31. The molecule has 0 bridgehead atoms. The van der Waals surface area contributed by atoms with Gasteiger partial charge in [-0.25, -0.2) is 8.42 Å². The van der Waals surface area contributed by atoms with Gasteiger partial charge < -0.3 is 5.11 Å². The van der Waals surface area contributed by atoms with Crippen LogP contribution < -0.4 is 0 Å². The summed E-state index contributed by atoms with van der Waals surface area (Å²) in [7, 11) is -2.21. The highest BCUT2D eigenvalue weighted by molar-refractivity contribution is 7.92. The molecule has 0 saturated carbocycles. The Hall–Kier alpha value is -1.44. The number of carbonyl (C=O) groups is 1. The summed E-state index contributed by atoms with van der Waals surface area (Å²) >= 11 is 0. The van der Waals surface area contributed by atoms with Gasteiger partial charge in [0.1, 0.15) is 0 Å². The smallest absolute Gasteiger partial charge is 0.324 e. The predicted molar refractivity (Wildman–Crippen MR) is 55.3 cm³/mol. The van der Waals surface area contributed by atoms with Gasteiger partial charge in [-0.1, -0.05) is 5.21 Å². The second-order valence-corrected chi connectivity index (χ2v) is 6.50. The third-order valence-electron chi connectivity index (χ3n) is 2.28. The summed E-state index contributed by atoms with van der Waals surface area (Å²) in [4.78, 5) is 10.8. The number of nitrogens with zero attached hydrogens (tertiary/aromatic N) is 3. The van der Waals surface area contributed by atoms with Crippen LogP contribution in [-0.4, -0.2) is 39.2 Å². The fourth-order valence-corrected chi connectivity index (χ4v) is 2.12. The number of carboxylic acids is 1. The Kier molecular flexibility index (Phi) is 3.04. The van der Waals surface area contributed by atoms with E-state index in [1.165, 1.54) is 10.9 Å². The van der Waals surface area contributed by atoms with Gasteiger partial charge in [0, 0.05) is 13.2 Å².